The molecule has 4 rings (SSSR count). The van der Waals surface area contributed by atoms with Crippen molar-refractivity contribution in [2.75, 3.05) is 59.3 Å². The molecule has 1 atom stereocenters. The molecule has 30 heavy (non-hydrogen) atoms. The van der Waals surface area contributed by atoms with Crippen LogP contribution in [0.1, 0.15) is 29.0 Å². The highest BCUT2D eigenvalue weighted by atomic mass is 32.2. The SMILES string of the molecule is CSc1ccc(C2CN(C)Cc3c2ccc(OCCCN2CCOCC2)c3O)cc1. The first kappa shape index (κ1) is 21.5. The molecule has 0 saturated carbocycles. The van der Waals surface area contributed by atoms with Gasteiger partial charge in [0.2, 0.25) is 0 Å². The number of benzene rings is 2. The Morgan fingerprint density at radius 2 is 1.90 bits per heavy atom. The fourth-order valence-electron chi connectivity index (χ4n) is 4.40. The molecule has 0 aliphatic carbocycles. The summed E-state index contributed by atoms with van der Waals surface area (Å²) in [5.74, 6) is 1.16. The second kappa shape index (κ2) is 10.1. The topological polar surface area (TPSA) is 45.2 Å². The summed E-state index contributed by atoms with van der Waals surface area (Å²) in [5, 5.41) is 11.0. The van der Waals surface area contributed by atoms with Crippen molar-refractivity contribution in [1.29, 1.82) is 0 Å². The Bertz CT molecular complexity index is 837. The molecule has 5 nitrogen and oxygen atoms in total. The molecule has 1 saturated heterocycles. The molecule has 1 fully saturated rings. The van der Waals surface area contributed by atoms with Crippen LogP contribution in [0.4, 0.5) is 0 Å². The van der Waals surface area contributed by atoms with Gasteiger partial charge in [-0.15, -0.1) is 11.8 Å². The van der Waals surface area contributed by atoms with Gasteiger partial charge in [-0.25, -0.2) is 0 Å². The number of aromatic hydroxyl groups is 1. The van der Waals surface area contributed by atoms with Gasteiger partial charge in [0.25, 0.3) is 0 Å². The zero-order chi connectivity index (χ0) is 20.9. The molecule has 6 heteroatoms. The number of fused-ring (bicyclic) bond motifs is 1. The molecular weight excluding hydrogens is 396 g/mol. The van der Waals surface area contributed by atoms with Crippen molar-refractivity contribution in [2.24, 2.45) is 0 Å². The smallest absolute Gasteiger partial charge is 0.162 e. The number of ether oxygens (including phenoxy) is 2. The Balaban J connectivity index is 1.45. The van der Waals surface area contributed by atoms with Crippen LogP contribution in [-0.4, -0.2) is 74.2 Å². The lowest BCUT2D eigenvalue weighted by Crippen LogP contribution is -2.37. The van der Waals surface area contributed by atoms with Crippen molar-refractivity contribution in [3.8, 4) is 11.5 Å². The molecule has 2 aliphatic rings. The van der Waals surface area contributed by atoms with Gasteiger partial charge in [-0.05, 0) is 49.1 Å². The zero-order valence-electron chi connectivity index (χ0n) is 18.0. The molecule has 0 spiro atoms. The van der Waals surface area contributed by atoms with Crippen molar-refractivity contribution in [2.45, 2.75) is 23.8 Å². The fourth-order valence-corrected chi connectivity index (χ4v) is 4.81. The summed E-state index contributed by atoms with van der Waals surface area (Å²) >= 11 is 1.76. The number of rotatable bonds is 7. The number of hydrogen-bond donors (Lipinski definition) is 1. The second-order valence-electron chi connectivity index (χ2n) is 8.16. The van der Waals surface area contributed by atoms with Gasteiger partial charge >= 0.3 is 0 Å². The summed E-state index contributed by atoms with van der Waals surface area (Å²) < 4.78 is 11.4. The van der Waals surface area contributed by atoms with Crippen molar-refractivity contribution >= 4 is 11.8 Å². The van der Waals surface area contributed by atoms with Crippen molar-refractivity contribution in [1.82, 2.24) is 9.80 Å². The molecule has 2 heterocycles. The van der Waals surface area contributed by atoms with Crippen LogP contribution in [0.25, 0.3) is 0 Å². The van der Waals surface area contributed by atoms with Gasteiger partial charge < -0.3 is 19.5 Å². The number of nitrogens with zero attached hydrogens (tertiary/aromatic N) is 2. The Hall–Kier alpha value is -1.73. The highest BCUT2D eigenvalue weighted by Crippen LogP contribution is 2.41. The predicted octanol–water partition coefficient (Wildman–Crippen LogP) is 3.79. The summed E-state index contributed by atoms with van der Waals surface area (Å²) in [6.07, 6.45) is 3.04. The Labute approximate surface area is 184 Å². The summed E-state index contributed by atoms with van der Waals surface area (Å²) in [6, 6.07) is 12.9. The number of likely N-dealkylation sites (N-methyl/N-ethyl adjacent to an activating group) is 1. The van der Waals surface area contributed by atoms with Crippen LogP contribution in [0.3, 0.4) is 0 Å². The Morgan fingerprint density at radius 1 is 1.13 bits per heavy atom. The minimum Gasteiger partial charge on any atom is -0.504 e. The molecule has 2 aliphatic heterocycles. The number of phenols is 1. The van der Waals surface area contributed by atoms with E-state index in [2.05, 4.69) is 53.4 Å². The molecule has 0 amide bonds. The van der Waals surface area contributed by atoms with Crippen LogP contribution in [0.5, 0.6) is 11.5 Å². The standard InChI is InChI=1S/C24H32N2O3S/c1-25-16-21(18-4-6-19(30-2)7-5-18)20-8-9-23(24(27)22(20)17-25)29-13-3-10-26-11-14-28-15-12-26/h4-9,21,27H,3,10-17H2,1-2H3. The van der Waals surface area contributed by atoms with Gasteiger partial charge in [-0.3, -0.25) is 4.90 Å². The van der Waals surface area contributed by atoms with Gasteiger partial charge in [0.15, 0.2) is 11.5 Å². The Kier molecular flexibility index (Phi) is 7.20. The lowest BCUT2D eigenvalue weighted by molar-refractivity contribution is 0.0357. The number of morpholine rings is 1. The summed E-state index contributed by atoms with van der Waals surface area (Å²) in [5.41, 5.74) is 3.50. The van der Waals surface area contributed by atoms with Gasteiger partial charge in [-0.2, -0.15) is 0 Å². The second-order valence-corrected chi connectivity index (χ2v) is 9.04. The summed E-state index contributed by atoms with van der Waals surface area (Å²) in [4.78, 5) is 5.95. The normalized spacial score (nSPS) is 20.1. The van der Waals surface area contributed by atoms with Crippen LogP contribution in [0, 0.1) is 0 Å². The van der Waals surface area contributed by atoms with E-state index in [0.717, 1.165) is 57.9 Å². The van der Waals surface area contributed by atoms with E-state index in [4.69, 9.17) is 9.47 Å². The quantitative estimate of drug-likeness (QED) is 0.535. The third-order valence-corrected chi connectivity index (χ3v) is 6.82. The maximum Gasteiger partial charge on any atom is 0.162 e. The lowest BCUT2D eigenvalue weighted by atomic mass is 9.84. The van der Waals surface area contributed by atoms with Gasteiger partial charge in [0.05, 0.1) is 19.8 Å². The fraction of sp³-hybridized carbons (Fsp3) is 0.500. The van der Waals surface area contributed by atoms with E-state index in [1.54, 1.807) is 11.8 Å². The first-order valence-corrected chi connectivity index (χ1v) is 12.0. The first-order valence-electron chi connectivity index (χ1n) is 10.8. The van der Waals surface area contributed by atoms with Crippen LogP contribution < -0.4 is 4.74 Å². The first-order chi connectivity index (χ1) is 14.7. The molecule has 0 radical (unpaired) electrons. The van der Waals surface area contributed by atoms with E-state index in [-0.39, 0.29) is 5.92 Å². The average Bonchev–Trinajstić information content (AvgIpc) is 2.78. The molecule has 0 bridgehead atoms. The molecule has 2 aromatic rings. The molecule has 0 aromatic heterocycles. The monoisotopic (exact) mass is 428 g/mol. The van der Waals surface area contributed by atoms with E-state index in [0.29, 0.717) is 18.1 Å². The third-order valence-electron chi connectivity index (χ3n) is 6.08. The maximum absolute atomic E-state index is 11.0. The van der Waals surface area contributed by atoms with E-state index in [9.17, 15) is 5.11 Å². The molecule has 1 unspecified atom stereocenters. The predicted molar refractivity (Wildman–Crippen MR) is 122 cm³/mol. The summed E-state index contributed by atoms with van der Waals surface area (Å²) in [7, 11) is 2.11. The third kappa shape index (κ3) is 4.94. The maximum atomic E-state index is 11.0. The number of hydrogen-bond acceptors (Lipinski definition) is 6. The van der Waals surface area contributed by atoms with E-state index in [1.807, 2.05) is 6.07 Å². The number of phenolic OH excluding ortho intramolecular Hbond substituents is 1. The van der Waals surface area contributed by atoms with Crippen LogP contribution in [0.15, 0.2) is 41.3 Å². The van der Waals surface area contributed by atoms with Crippen LogP contribution in [-0.2, 0) is 11.3 Å². The van der Waals surface area contributed by atoms with E-state index >= 15 is 0 Å². The minimum absolute atomic E-state index is 0.260. The van der Waals surface area contributed by atoms with Crippen LogP contribution in [0.2, 0.25) is 0 Å². The lowest BCUT2D eigenvalue weighted by Gasteiger charge is -2.33. The van der Waals surface area contributed by atoms with E-state index < -0.39 is 0 Å². The van der Waals surface area contributed by atoms with Gasteiger partial charge in [0, 0.05) is 49.1 Å². The van der Waals surface area contributed by atoms with Crippen molar-refractivity contribution < 1.29 is 14.6 Å². The van der Waals surface area contributed by atoms with Gasteiger partial charge in [0.1, 0.15) is 0 Å². The van der Waals surface area contributed by atoms with Crippen molar-refractivity contribution in [3.63, 3.8) is 0 Å². The molecule has 2 aromatic carbocycles. The van der Waals surface area contributed by atoms with Gasteiger partial charge in [-0.1, -0.05) is 18.2 Å². The molecular formula is C24H32N2O3S. The highest BCUT2D eigenvalue weighted by Gasteiger charge is 2.28. The number of thioether (sulfide) groups is 1. The largest absolute Gasteiger partial charge is 0.504 e. The molecule has 162 valence electrons. The van der Waals surface area contributed by atoms with Crippen LogP contribution >= 0.6 is 11.8 Å². The molecule has 1 N–H and O–H groups in total. The minimum atomic E-state index is 0.260. The van der Waals surface area contributed by atoms with E-state index in [1.165, 1.54) is 16.0 Å². The van der Waals surface area contributed by atoms with Crippen molar-refractivity contribution in [3.05, 3.63) is 53.1 Å². The highest BCUT2D eigenvalue weighted by molar-refractivity contribution is 7.98. The Morgan fingerprint density at radius 3 is 2.63 bits per heavy atom. The summed E-state index contributed by atoms with van der Waals surface area (Å²) in [6.45, 7) is 6.94. The average molecular weight is 429 g/mol. The zero-order valence-corrected chi connectivity index (χ0v) is 18.8.